The van der Waals surface area contributed by atoms with Crippen molar-refractivity contribution < 1.29 is 4.79 Å². The van der Waals surface area contributed by atoms with E-state index in [0.717, 1.165) is 23.1 Å². The molecule has 0 aliphatic carbocycles. The summed E-state index contributed by atoms with van der Waals surface area (Å²) in [5.41, 5.74) is 2.02. The van der Waals surface area contributed by atoms with E-state index in [1.165, 1.54) is 12.0 Å². The number of hydrogen-bond acceptors (Lipinski definition) is 2. The van der Waals surface area contributed by atoms with Crippen LogP contribution in [0.15, 0.2) is 22.7 Å². The van der Waals surface area contributed by atoms with Crippen molar-refractivity contribution in [3.05, 3.63) is 28.2 Å². The van der Waals surface area contributed by atoms with Crippen molar-refractivity contribution >= 4 is 27.5 Å². The van der Waals surface area contributed by atoms with Crippen molar-refractivity contribution in [1.82, 2.24) is 5.32 Å². The molecule has 1 aliphatic heterocycles. The van der Waals surface area contributed by atoms with Gasteiger partial charge in [-0.25, -0.2) is 0 Å². The fourth-order valence-electron chi connectivity index (χ4n) is 2.08. The van der Waals surface area contributed by atoms with Gasteiger partial charge in [0.1, 0.15) is 0 Å². The number of rotatable bonds is 3. The van der Waals surface area contributed by atoms with Gasteiger partial charge in [0.05, 0.1) is 5.69 Å². The van der Waals surface area contributed by atoms with Crippen LogP contribution in [0.5, 0.6) is 0 Å². The quantitative estimate of drug-likeness (QED) is 0.900. The van der Waals surface area contributed by atoms with Crippen LogP contribution in [0.25, 0.3) is 0 Å². The summed E-state index contributed by atoms with van der Waals surface area (Å²) >= 11 is 3.46. The molecule has 0 radical (unpaired) electrons. The van der Waals surface area contributed by atoms with Crippen LogP contribution < -0.4 is 10.6 Å². The molecule has 17 heavy (non-hydrogen) atoms. The minimum absolute atomic E-state index is 0.0777. The zero-order valence-corrected chi connectivity index (χ0v) is 11.5. The van der Waals surface area contributed by atoms with Gasteiger partial charge < -0.3 is 10.6 Å². The molecular formula is C13H17BrN2O. The normalized spacial score (nSPS) is 19.3. The summed E-state index contributed by atoms with van der Waals surface area (Å²) in [5.74, 6) is 0.0777. The number of amides is 1. The predicted molar refractivity (Wildman–Crippen MR) is 73.2 cm³/mol. The molecule has 1 aliphatic rings. The molecule has 1 amide bonds. The Morgan fingerprint density at radius 2 is 2.41 bits per heavy atom. The molecule has 2 N–H and O–H groups in total. The monoisotopic (exact) mass is 296 g/mol. The standard InChI is InChI=1S/C13H17BrN2O/c1-9-4-5-12(11(14)7-9)16-13(17)8-10-3-2-6-15-10/h4-5,7,10,15H,2-3,6,8H2,1H3,(H,16,17). The summed E-state index contributed by atoms with van der Waals surface area (Å²) in [5, 5.41) is 6.26. The molecule has 2 rings (SSSR count). The van der Waals surface area contributed by atoms with Crippen LogP contribution in [-0.2, 0) is 4.79 Å². The molecular weight excluding hydrogens is 280 g/mol. The zero-order valence-electron chi connectivity index (χ0n) is 9.92. The van der Waals surface area contributed by atoms with E-state index in [1.807, 2.05) is 25.1 Å². The Labute approximate surface area is 110 Å². The lowest BCUT2D eigenvalue weighted by Crippen LogP contribution is -2.27. The van der Waals surface area contributed by atoms with Crippen molar-refractivity contribution in [3.63, 3.8) is 0 Å². The lowest BCUT2D eigenvalue weighted by atomic mass is 10.1. The number of anilines is 1. The van der Waals surface area contributed by atoms with E-state index in [1.54, 1.807) is 0 Å². The van der Waals surface area contributed by atoms with Crippen molar-refractivity contribution in [2.75, 3.05) is 11.9 Å². The lowest BCUT2D eigenvalue weighted by Gasteiger charge is -2.11. The maximum absolute atomic E-state index is 11.8. The van der Waals surface area contributed by atoms with E-state index in [0.29, 0.717) is 12.5 Å². The van der Waals surface area contributed by atoms with Crippen LogP contribution in [0, 0.1) is 6.92 Å². The highest BCUT2D eigenvalue weighted by Crippen LogP contribution is 2.23. The Morgan fingerprint density at radius 1 is 1.59 bits per heavy atom. The molecule has 0 bridgehead atoms. The third kappa shape index (κ3) is 3.54. The summed E-state index contributed by atoms with van der Waals surface area (Å²) in [7, 11) is 0. The van der Waals surface area contributed by atoms with E-state index in [-0.39, 0.29) is 5.91 Å². The molecule has 1 saturated heterocycles. The molecule has 1 aromatic rings. The van der Waals surface area contributed by atoms with Crippen LogP contribution in [0.1, 0.15) is 24.8 Å². The first-order valence-electron chi connectivity index (χ1n) is 5.94. The van der Waals surface area contributed by atoms with Gasteiger partial charge in [-0.2, -0.15) is 0 Å². The minimum Gasteiger partial charge on any atom is -0.325 e. The Hall–Kier alpha value is -0.870. The molecule has 1 aromatic carbocycles. The number of aryl methyl sites for hydroxylation is 1. The Balaban J connectivity index is 1.93. The largest absolute Gasteiger partial charge is 0.325 e. The van der Waals surface area contributed by atoms with Crippen LogP contribution in [0.3, 0.4) is 0 Å². The molecule has 4 heteroatoms. The smallest absolute Gasteiger partial charge is 0.225 e. The minimum atomic E-state index is 0.0777. The maximum Gasteiger partial charge on any atom is 0.225 e. The van der Waals surface area contributed by atoms with Gasteiger partial charge in [0.15, 0.2) is 0 Å². The third-order valence-electron chi connectivity index (χ3n) is 2.99. The van der Waals surface area contributed by atoms with Gasteiger partial charge in [-0.05, 0) is 59.9 Å². The molecule has 3 nitrogen and oxygen atoms in total. The van der Waals surface area contributed by atoms with Crippen LogP contribution >= 0.6 is 15.9 Å². The summed E-state index contributed by atoms with van der Waals surface area (Å²) in [6, 6.07) is 6.27. The van der Waals surface area contributed by atoms with Gasteiger partial charge in [0.25, 0.3) is 0 Å². The predicted octanol–water partition coefficient (Wildman–Crippen LogP) is 2.84. The molecule has 1 unspecified atom stereocenters. The van der Waals surface area contributed by atoms with E-state index < -0.39 is 0 Å². The highest BCUT2D eigenvalue weighted by atomic mass is 79.9. The topological polar surface area (TPSA) is 41.1 Å². The van der Waals surface area contributed by atoms with E-state index in [4.69, 9.17) is 0 Å². The number of nitrogens with one attached hydrogen (secondary N) is 2. The SMILES string of the molecule is Cc1ccc(NC(=O)CC2CCCN2)c(Br)c1. The van der Waals surface area contributed by atoms with Gasteiger partial charge in [0, 0.05) is 16.9 Å². The van der Waals surface area contributed by atoms with E-state index in [9.17, 15) is 4.79 Å². The van der Waals surface area contributed by atoms with Gasteiger partial charge >= 0.3 is 0 Å². The second-order valence-corrected chi connectivity index (χ2v) is 5.38. The first-order chi connectivity index (χ1) is 8.15. The average molecular weight is 297 g/mol. The number of carbonyl (C=O) groups excluding carboxylic acids is 1. The highest BCUT2D eigenvalue weighted by molar-refractivity contribution is 9.10. The highest BCUT2D eigenvalue weighted by Gasteiger charge is 2.17. The average Bonchev–Trinajstić information content (AvgIpc) is 2.75. The fraction of sp³-hybridized carbons (Fsp3) is 0.462. The van der Waals surface area contributed by atoms with Gasteiger partial charge in [-0.3, -0.25) is 4.79 Å². The Bertz CT molecular complexity index is 414. The van der Waals surface area contributed by atoms with Crippen molar-refractivity contribution in [2.24, 2.45) is 0 Å². The maximum atomic E-state index is 11.8. The van der Waals surface area contributed by atoms with Crippen molar-refractivity contribution in [1.29, 1.82) is 0 Å². The summed E-state index contributed by atoms with van der Waals surface area (Å²) in [6.45, 7) is 3.06. The van der Waals surface area contributed by atoms with Crippen LogP contribution in [0.2, 0.25) is 0 Å². The number of carbonyl (C=O) groups is 1. The van der Waals surface area contributed by atoms with Crippen molar-refractivity contribution in [2.45, 2.75) is 32.2 Å². The molecule has 0 spiro atoms. The van der Waals surface area contributed by atoms with E-state index >= 15 is 0 Å². The van der Waals surface area contributed by atoms with Gasteiger partial charge in [-0.15, -0.1) is 0 Å². The summed E-state index contributed by atoms with van der Waals surface area (Å²) < 4.78 is 0.935. The molecule has 0 saturated carbocycles. The molecule has 1 atom stereocenters. The van der Waals surface area contributed by atoms with Crippen LogP contribution in [0.4, 0.5) is 5.69 Å². The molecule has 0 aromatic heterocycles. The zero-order chi connectivity index (χ0) is 12.3. The third-order valence-corrected chi connectivity index (χ3v) is 3.65. The second kappa shape index (κ2) is 5.65. The second-order valence-electron chi connectivity index (χ2n) is 4.53. The van der Waals surface area contributed by atoms with E-state index in [2.05, 4.69) is 26.6 Å². The lowest BCUT2D eigenvalue weighted by molar-refractivity contribution is -0.116. The van der Waals surface area contributed by atoms with Gasteiger partial charge in [-0.1, -0.05) is 6.07 Å². The Kier molecular flexibility index (Phi) is 4.18. The first-order valence-corrected chi connectivity index (χ1v) is 6.74. The number of halogens is 1. The first kappa shape index (κ1) is 12.6. The van der Waals surface area contributed by atoms with Crippen molar-refractivity contribution in [3.8, 4) is 0 Å². The van der Waals surface area contributed by atoms with Gasteiger partial charge in [0.2, 0.25) is 5.91 Å². The number of hydrogen-bond donors (Lipinski definition) is 2. The molecule has 92 valence electrons. The molecule has 1 fully saturated rings. The molecule has 1 heterocycles. The number of benzene rings is 1. The fourth-order valence-corrected chi connectivity index (χ4v) is 2.67. The summed E-state index contributed by atoms with van der Waals surface area (Å²) in [4.78, 5) is 11.8. The Morgan fingerprint density at radius 3 is 3.06 bits per heavy atom. The van der Waals surface area contributed by atoms with Crippen LogP contribution in [-0.4, -0.2) is 18.5 Å². The summed E-state index contributed by atoms with van der Waals surface area (Å²) in [6.07, 6.45) is 2.83.